The molecule has 0 bridgehead atoms. The highest BCUT2D eigenvalue weighted by atomic mass is 32.1. The van der Waals surface area contributed by atoms with Gasteiger partial charge in [0.25, 0.3) is 0 Å². The van der Waals surface area contributed by atoms with E-state index in [-0.39, 0.29) is 10.8 Å². The third-order valence-corrected chi connectivity index (χ3v) is 14.4. The van der Waals surface area contributed by atoms with Gasteiger partial charge in [-0.1, -0.05) is 173 Å². The molecule has 0 saturated carbocycles. The van der Waals surface area contributed by atoms with Crippen LogP contribution in [0.5, 0.6) is 0 Å². The van der Waals surface area contributed by atoms with Crippen molar-refractivity contribution in [2.75, 3.05) is 5.32 Å². The Morgan fingerprint density at radius 2 is 1.04 bits per heavy atom. The second-order valence-electron chi connectivity index (χ2n) is 16.9. The zero-order valence-electron chi connectivity index (χ0n) is 32.7. The quantitative estimate of drug-likeness (QED) is 0.185. The van der Waals surface area contributed by atoms with Gasteiger partial charge in [0.1, 0.15) is 0 Å². The molecule has 57 heavy (non-hydrogen) atoms. The molecule has 1 N–H and O–H groups in total. The maximum Gasteiger partial charge on any atom is 0.0720 e. The Labute approximate surface area is 339 Å². The fourth-order valence-corrected chi connectivity index (χ4v) is 11.7. The Kier molecular flexibility index (Phi) is 7.40. The first-order valence-electron chi connectivity index (χ1n) is 20.1. The molecule has 8 aromatic rings. The Morgan fingerprint density at radius 3 is 1.79 bits per heavy atom. The van der Waals surface area contributed by atoms with E-state index in [1.54, 1.807) is 0 Å². The number of hydrogen-bond donors (Lipinski definition) is 1. The minimum Gasteiger partial charge on any atom is -0.362 e. The number of benzene rings is 7. The molecular weight excluding hydrogens is 707 g/mol. The molecule has 7 aromatic carbocycles. The van der Waals surface area contributed by atoms with Gasteiger partial charge in [0.05, 0.1) is 5.41 Å². The Morgan fingerprint density at radius 1 is 0.439 bits per heavy atom. The zero-order valence-corrected chi connectivity index (χ0v) is 33.5. The van der Waals surface area contributed by atoms with E-state index in [0.29, 0.717) is 0 Å². The monoisotopic (exact) mass is 749 g/mol. The van der Waals surface area contributed by atoms with Gasteiger partial charge in [0.15, 0.2) is 0 Å². The number of nitrogens with one attached hydrogen (secondary N) is 1. The number of rotatable bonds is 5. The first-order valence-corrected chi connectivity index (χ1v) is 20.9. The van der Waals surface area contributed by atoms with Crippen molar-refractivity contribution < 1.29 is 0 Å². The smallest absolute Gasteiger partial charge is 0.0720 e. The van der Waals surface area contributed by atoms with Crippen molar-refractivity contribution in [2.24, 2.45) is 0 Å². The highest BCUT2D eigenvalue weighted by Crippen LogP contribution is 2.62. The van der Waals surface area contributed by atoms with Gasteiger partial charge in [-0.05, 0) is 103 Å². The molecule has 1 heterocycles. The predicted octanol–water partition coefficient (Wildman–Crippen LogP) is 14.4. The Hall–Kier alpha value is -6.22. The minimum atomic E-state index is -0.412. The summed E-state index contributed by atoms with van der Waals surface area (Å²) in [5.41, 5.74) is 17.7. The van der Waals surface area contributed by atoms with Crippen LogP contribution in [0.3, 0.4) is 0 Å². The van der Waals surface area contributed by atoms with E-state index < -0.39 is 5.41 Å². The van der Waals surface area contributed by atoms with Crippen LogP contribution in [0.15, 0.2) is 182 Å². The lowest BCUT2D eigenvalue weighted by atomic mass is 9.55. The van der Waals surface area contributed by atoms with Gasteiger partial charge in [0, 0.05) is 42.9 Å². The van der Waals surface area contributed by atoms with Crippen LogP contribution in [0, 0.1) is 0 Å². The highest BCUT2D eigenvalue weighted by Gasteiger charge is 2.53. The zero-order chi connectivity index (χ0) is 38.5. The van der Waals surface area contributed by atoms with Gasteiger partial charge in [-0.15, -0.1) is 11.3 Å². The molecule has 274 valence electrons. The number of allylic oxidation sites excluding steroid dienone is 4. The second-order valence-corrected chi connectivity index (χ2v) is 18.0. The fraction of sp³-hybridized carbons (Fsp3) is 0.127. The SMILES string of the molecule is CC1(C)C(/C=C/Nc2ccc3c(c2)C2(c4ccccc4-3)c3ccccc3C(C)(C)c3ccccc32)=C(/C=C\c2ccc3c(c2)sc2ccccc23)c2ccccc21. The van der Waals surface area contributed by atoms with Crippen LogP contribution in [-0.4, -0.2) is 0 Å². The van der Waals surface area contributed by atoms with E-state index >= 15 is 0 Å². The lowest BCUT2D eigenvalue weighted by Gasteiger charge is -2.46. The lowest BCUT2D eigenvalue weighted by Crippen LogP contribution is -2.40. The normalized spacial score (nSPS) is 16.6. The maximum atomic E-state index is 3.77. The van der Waals surface area contributed by atoms with Crippen LogP contribution in [0.1, 0.15) is 77.8 Å². The molecule has 0 radical (unpaired) electrons. The van der Waals surface area contributed by atoms with Crippen LogP contribution >= 0.6 is 11.3 Å². The second kappa shape index (κ2) is 12.4. The van der Waals surface area contributed by atoms with Crippen molar-refractivity contribution in [1.82, 2.24) is 0 Å². The third kappa shape index (κ3) is 4.81. The minimum absolute atomic E-state index is 0.119. The topological polar surface area (TPSA) is 12.0 Å². The summed E-state index contributed by atoms with van der Waals surface area (Å²) in [6.45, 7) is 9.47. The van der Waals surface area contributed by atoms with Crippen LogP contribution in [-0.2, 0) is 16.2 Å². The first-order chi connectivity index (χ1) is 27.8. The molecule has 0 unspecified atom stereocenters. The number of anilines is 1. The van der Waals surface area contributed by atoms with E-state index in [1.165, 1.54) is 92.5 Å². The van der Waals surface area contributed by atoms with Gasteiger partial charge in [0.2, 0.25) is 0 Å². The van der Waals surface area contributed by atoms with E-state index in [1.807, 2.05) is 11.3 Å². The molecule has 1 spiro atoms. The van der Waals surface area contributed by atoms with E-state index in [0.717, 1.165) is 5.69 Å². The molecule has 2 heteroatoms. The molecular formula is C55H43NS. The highest BCUT2D eigenvalue weighted by molar-refractivity contribution is 7.25. The average molecular weight is 750 g/mol. The first kappa shape index (κ1) is 34.1. The van der Waals surface area contributed by atoms with Crippen LogP contribution in [0.4, 0.5) is 5.69 Å². The molecule has 0 aliphatic heterocycles. The summed E-state index contributed by atoms with van der Waals surface area (Å²) in [6, 6.07) is 58.9. The Balaban J connectivity index is 1.00. The molecule has 0 amide bonds. The molecule has 11 rings (SSSR count). The number of hydrogen-bond acceptors (Lipinski definition) is 2. The molecule has 3 aliphatic rings. The molecule has 1 nitrogen and oxygen atoms in total. The van der Waals surface area contributed by atoms with Gasteiger partial charge in [-0.3, -0.25) is 0 Å². The largest absolute Gasteiger partial charge is 0.362 e. The van der Waals surface area contributed by atoms with E-state index in [9.17, 15) is 0 Å². The molecule has 1 aromatic heterocycles. The summed E-state index contributed by atoms with van der Waals surface area (Å²) in [7, 11) is 0. The van der Waals surface area contributed by atoms with Crippen LogP contribution < -0.4 is 5.32 Å². The van der Waals surface area contributed by atoms with E-state index in [4.69, 9.17) is 0 Å². The summed E-state index contributed by atoms with van der Waals surface area (Å²) in [6.07, 6.45) is 9.08. The molecule has 0 fully saturated rings. The van der Waals surface area contributed by atoms with E-state index in [2.05, 4.69) is 215 Å². The summed E-state index contributed by atoms with van der Waals surface area (Å²) in [5, 5.41) is 6.43. The lowest BCUT2D eigenvalue weighted by molar-refractivity contribution is 0.563. The predicted molar refractivity (Wildman–Crippen MR) is 243 cm³/mol. The van der Waals surface area contributed by atoms with Gasteiger partial charge < -0.3 is 5.32 Å². The summed E-state index contributed by atoms with van der Waals surface area (Å²) in [5.74, 6) is 0. The van der Waals surface area contributed by atoms with Crippen LogP contribution in [0.25, 0.3) is 42.9 Å². The molecule has 0 atom stereocenters. The average Bonchev–Trinajstić information content (AvgIpc) is 3.83. The number of thiophene rings is 1. The summed E-state index contributed by atoms with van der Waals surface area (Å²) >= 11 is 1.87. The van der Waals surface area contributed by atoms with Gasteiger partial charge >= 0.3 is 0 Å². The van der Waals surface area contributed by atoms with Gasteiger partial charge in [-0.25, -0.2) is 0 Å². The van der Waals surface area contributed by atoms with Crippen molar-refractivity contribution in [3.63, 3.8) is 0 Å². The standard InChI is InChI=1S/C55H43NS/c1-53(2)43-18-8-5-15-37(43)39(28-25-35-26-29-42-41-17-7-14-24-51(41)57-52(42)33-35)44(53)31-32-56-36-27-30-40-38-16-6-9-19-45(38)55(50(40)34-36)48-22-12-10-20-46(48)54(3,4)47-21-11-13-23-49(47)55/h5-34,56H,1-4H3/b28-25-,32-31+. The molecule has 0 saturated heterocycles. The van der Waals surface area contributed by atoms with Gasteiger partial charge in [-0.2, -0.15) is 0 Å². The van der Waals surface area contributed by atoms with Crippen molar-refractivity contribution in [3.05, 3.63) is 232 Å². The third-order valence-electron chi connectivity index (χ3n) is 13.3. The number of fused-ring (bicyclic) bond motifs is 13. The molecule has 3 aliphatic carbocycles. The van der Waals surface area contributed by atoms with Crippen molar-refractivity contribution in [2.45, 2.75) is 43.9 Å². The maximum absolute atomic E-state index is 3.77. The van der Waals surface area contributed by atoms with Crippen molar-refractivity contribution in [3.8, 4) is 11.1 Å². The van der Waals surface area contributed by atoms with Crippen molar-refractivity contribution in [1.29, 1.82) is 0 Å². The summed E-state index contributed by atoms with van der Waals surface area (Å²) < 4.78 is 2.66. The fourth-order valence-electron chi connectivity index (χ4n) is 10.6. The van der Waals surface area contributed by atoms with Crippen molar-refractivity contribution >= 4 is 48.8 Å². The van der Waals surface area contributed by atoms with Crippen LogP contribution in [0.2, 0.25) is 0 Å². The Bertz CT molecular complexity index is 3000. The summed E-state index contributed by atoms with van der Waals surface area (Å²) in [4.78, 5) is 0.